The van der Waals surface area contributed by atoms with Gasteiger partial charge in [-0.2, -0.15) is 0 Å². The van der Waals surface area contributed by atoms with Crippen LogP contribution in [-0.2, 0) is 0 Å². The van der Waals surface area contributed by atoms with E-state index in [1.54, 1.807) is 11.4 Å². The molecule has 72 valence electrons. The average Bonchev–Trinajstić information content (AvgIpc) is 2.57. The number of nitrogens with zero attached hydrogens (tertiary/aromatic N) is 1. The second kappa shape index (κ2) is 3.26. The maximum atomic E-state index is 13.0. The number of hydrogen-bond acceptors (Lipinski definition) is 4. The zero-order valence-electron chi connectivity index (χ0n) is 7.07. The Labute approximate surface area is 83.6 Å². The molecular formula is C9H7FN2OS. The summed E-state index contributed by atoms with van der Waals surface area (Å²) in [5.41, 5.74) is 6.29. The van der Waals surface area contributed by atoms with Gasteiger partial charge < -0.3 is 10.8 Å². The van der Waals surface area contributed by atoms with Crippen molar-refractivity contribution in [2.24, 2.45) is 0 Å². The Hall–Kier alpha value is -1.62. The number of para-hydroxylation sites is 1. The Morgan fingerprint density at radius 2 is 2.21 bits per heavy atom. The first-order valence-electron chi connectivity index (χ1n) is 3.87. The lowest BCUT2D eigenvalue weighted by Crippen LogP contribution is -1.85. The number of halogens is 1. The topological polar surface area (TPSA) is 59.1 Å². The molecule has 0 bridgehead atoms. The molecule has 0 radical (unpaired) electrons. The highest BCUT2D eigenvalue weighted by molar-refractivity contribution is 7.13. The van der Waals surface area contributed by atoms with Crippen LogP contribution in [0.2, 0.25) is 0 Å². The lowest BCUT2D eigenvalue weighted by Gasteiger charge is -2.00. The molecule has 0 aliphatic heterocycles. The second-order valence-electron chi connectivity index (χ2n) is 2.71. The normalized spacial score (nSPS) is 10.4. The zero-order valence-corrected chi connectivity index (χ0v) is 7.88. The Kier molecular flexibility index (Phi) is 2.09. The first kappa shape index (κ1) is 8.96. The van der Waals surface area contributed by atoms with Gasteiger partial charge in [0.25, 0.3) is 0 Å². The Morgan fingerprint density at radius 1 is 1.43 bits per heavy atom. The molecule has 0 saturated heterocycles. The van der Waals surface area contributed by atoms with Gasteiger partial charge in [-0.25, -0.2) is 9.37 Å². The van der Waals surface area contributed by atoms with Crippen LogP contribution in [0.3, 0.4) is 0 Å². The molecule has 0 aliphatic rings. The summed E-state index contributed by atoms with van der Waals surface area (Å²) in [7, 11) is 0. The summed E-state index contributed by atoms with van der Waals surface area (Å²) >= 11 is 1.25. The van der Waals surface area contributed by atoms with Gasteiger partial charge in [0.1, 0.15) is 0 Å². The van der Waals surface area contributed by atoms with Gasteiger partial charge in [0.15, 0.2) is 16.7 Å². The third kappa shape index (κ3) is 1.42. The van der Waals surface area contributed by atoms with Crippen molar-refractivity contribution in [3.8, 4) is 17.0 Å². The minimum absolute atomic E-state index is 0.359. The largest absolute Gasteiger partial charge is 0.504 e. The standard InChI is InChI=1S/C9H7FN2OS/c10-6-3-1-2-5(8(6)13)7-4-14-9(11)12-7/h1-4,13H,(H2,11,12). The van der Waals surface area contributed by atoms with Crippen molar-refractivity contribution >= 4 is 16.5 Å². The van der Waals surface area contributed by atoms with Crippen LogP contribution in [0, 0.1) is 5.82 Å². The highest BCUT2D eigenvalue weighted by atomic mass is 32.1. The lowest BCUT2D eigenvalue weighted by molar-refractivity contribution is 0.434. The number of phenols is 1. The van der Waals surface area contributed by atoms with Crippen molar-refractivity contribution in [3.63, 3.8) is 0 Å². The number of phenolic OH excluding ortho intramolecular Hbond substituents is 1. The summed E-state index contributed by atoms with van der Waals surface area (Å²) in [6, 6.07) is 4.29. The summed E-state index contributed by atoms with van der Waals surface area (Å²) < 4.78 is 13.0. The molecule has 1 heterocycles. The molecule has 0 fully saturated rings. The van der Waals surface area contributed by atoms with Crippen LogP contribution in [0.5, 0.6) is 5.75 Å². The Bertz CT molecular complexity index is 470. The van der Waals surface area contributed by atoms with E-state index in [-0.39, 0.29) is 0 Å². The van der Waals surface area contributed by atoms with E-state index >= 15 is 0 Å². The van der Waals surface area contributed by atoms with Gasteiger partial charge in [-0.15, -0.1) is 11.3 Å². The Morgan fingerprint density at radius 3 is 2.86 bits per heavy atom. The predicted molar refractivity (Wildman–Crippen MR) is 53.6 cm³/mol. The van der Waals surface area contributed by atoms with Crippen LogP contribution in [0.15, 0.2) is 23.6 Å². The van der Waals surface area contributed by atoms with Gasteiger partial charge in [0.2, 0.25) is 0 Å². The molecular weight excluding hydrogens is 203 g/mol. The molecule has 14 heavy (non-hydrogen) atoms. The van der Waals surface area contributed by atoms with Gasteiger partial charge >= 0.3 is 0 Å². The van der Waals surface area contributed by atoms with Crippen LogP contribution in [0.4, 0.5) is 9.52 Å². The van der Waals surface area contributed by atoms with Crippen LogP contribution < -0.4 is 5.73 Å². The molecule has 0 aliphatic carbocycles. The van der Waals surface area contributed by atoms with Crippen molar-refractivity contribution in [2.45, 2.75) is 0 Å². The van der Waals surface area contributed by atoms with Gasteiger partial charge in [0.05, 0.1) is 5.69 Å². The van der Waals surface area contributed by atoms with E-state index in [1.807, 2.05) is 0 Å². The molecule has 0 amide bonds. The van der Waals surface area contributed by atoms with Crippen molar-refractivity contribution < 1.29 is 9.50 Å². The molecule has 0 spiro atoms. The third-order valence-corrected chi connectivity index (χ3v) is 2.46. The van der Waals surface area contributed by atoms with E-state index in [1.165, 1.54) is 23.5 Å². The number of aromatic nitrogens is 1. The fourth-order valence-electron chi connectivity index (χ4n) is 1.13. The minimum Gasteiger partial charge on any atom is -0.504 e. The SMILES string of the molecule is Nc1nc(-c2cccc(F)c2O)cs1. The molecule has 1 aromatic carbocycles. The smallest absolute Gasteiger partial charge is 0.180 e. The van der Waals surface area contributed by atoms with E-state index in [0.717, 1.165) is 0 Å². The van der Waals surface area contributed by atoms with Gasteiger partial charge in [-0.3, -0.25) is 0 Å². The first-order valence-corrected chi connectivity index (χ1v) is 4.75. The summed E-state index contributed by atoms with van der Waals surface area (Å²) in [6.07, 6.45) is 0. The zero-order chi connectivity index (χ0) is 10.1. The average molecular weight is 210 g/mol. The number of rotatable bonds is 1. The van der Waals surface area contributed by atoms with Crippen molar-refractivity contribution in [1.82, 2.24) is 4.98 Å². The summed E-state index contributed by atoms with van der Waals surface area (Å²) in [6.45, 7) is 0. The second-order valence-corrected chi connectivity index (χ2v) is 3.60. The summed E-state index contributed by atoms with van der Waals surface area (Å²) in [4.78, 5) is 3.95. The minimum atomic E-state index is -0.658. The van der Waals surface area contributed by atoms with E-state index in [0.29, 0.717) is 16.4 Å². The van der Waals surface area contributed by atoms with E-state index in [9.17, 15) is 9.50 Å². The number of nitrogens with two attached hydrogens (primary N) is 1. The van der Waals surface area contributed by atoms with E-state index in [4.69, 9.17) is 5.73 Å². The number of anilines is 1. The monoisotopic (exact) mass is 210 g/mol. The number of nitrogen functional groups attached to an aromatic ring is 1. The Balaban J connectivity index is 2.57. The maximum absolute atomic E-state index is 13.0. The quantitative estimate of drug-likeness (QED) is 0.758. The summed E-state index contributed by atoms with van der Waals surface area (Å²) in [5.74, 6) is -1.05. The van der Waals surface area contributed by atoms with Crippen molar-refractivity contribution in [3.05, 3.63) is 29.4 Å². The van der Waals surface area contributed by atoms with Crippen LogP contribution in [0.25, 0.3) is 11.3 Å². The van der Waals surface area contributed by atoms with Gasteiger partial charge in [0, 0.05) is 10.9 Å². The first-order chi connectivity index (χ1) is 6.68. The van der Waals surface area contributed by atoms with E-state index < -0.39 is 11.6 Å². The number of aromatic hydroxyl groups is 1. The molecule has 1 aromatic heterocycles. The number of benzene rings is 1. The fraction of sp³-hybridized carbons (Fsp3) is 0. The molecule has 3 nitrogen and oxygen atoms in total. The lowest BCUT2D eigenvalue weighted by atomic mass is 10.1. The van der Waals surface area contributed by atoms with Crippen LogP contribution in [0.1, 0.15) is 0 Å². The molecule has 5 heteroatoms. The predicted octanol–water partition coefficient (Wildman–Crippen LogP) is 2.24. The van der Waals surface area contributed by atoms with Gasteiger partial charge in [-0.1, -0.05) is 6.07 Å². The van der Waals surface area contributed by atoms with Crippen LogP contribution >= 0.6 is 11.3 Å². The molecule has 2 aromatic rings. The van der Waals surface area contributed by atoms with Crippen LogP contribution in [-0.4, -0.2) is 10.1 Å². The highest BCUT2D eigenvalue weighted by Crippen LogP contribution is 2.32. The molecule has 0 atom stereocenters. The molecule has 2 rings (SSSR count). The van der Waals surface area contributed by atoms with E-state index in [2.05, 4.69) is 4.98 Å². The molecule has 3 N–H and O–H groups in total. The number of hydrogen-bond donors (Lipinski definition) is 2. The molecule has 0 saturated carbocycles. The molecule has 0 unspecified atom stereocenters. The summed E-state index contributed by atoms with van der Waals surface area (Å²) in [5, 5.41) is 11.5. The third-order valence-electron chi connectivity index (χ3n) is 1.78. The highest BCUT2D eigenvalue weighted by Gasteiger charge is 2.10. The fourth-order valence-corrected chi connectivity index (χ4v) is 1.70. The van der Waals surface area contributed by atoms with Crippen molar-refractivity contribution in [2.75, 3.05) is 5.73 Å². The number of thiazole rings is 1. The van der Waals surface area contributed by atoms with Gasteiger partial charge in [-0.05, 0) is 12.1 Å². The van der Waals surface area contributed by atoms with Crippen molar-refractivity contribution in [1.29, 1.82) is 0 Å². The maximum Gasteiger partial charge on any atom is 0.180 e.